The number of hydrogen-bond acceptors (Lipinski definition) is 4. The van der Waals surface area contributed by atoms with Crippen molar-refractivity contribution in [3.63, 3.8) is 0 Å². The van der Waals surface area contributed by atoms with Crippen LogP contribution in [-0.2, 0) is 26.6 Å². The summed E-state index contributed by atoms with van der Waals surface area (Å²) in [5.41, 5.74) is 2.27. The fraction of sp³-hybridized carbons (Fsp3) is 0.545. The van der Waals surface area contributed by atoms with E-state index in [1.165, 1.54) is 5.69 Å². The molecule has 0 aromatic carbocycles. The monoisotopic (exact) mass is 312 g/mol. The summed E-state index contributed by atoms with van der Waals surface area (Å²) in [4.78, 5) is 0. The van der Waals surface area contributed by atoms with Gasteiger partial charge in [0.2, 0.25) is 0 Å². The fourth-order valence-electron chi connectivity index (χ4n) is 1.76. The van der Waals surface area contributed by atoms with E-state index in [2.05, 4.69) is 43.6 Å². The minimum atomic E-state index is 0.790. The number of aryl methyl sites for hydroxylation is 2. The van der Waals surface area contributed by atoms with Crippen molar-refractivity contribution in [3.05, 3.63) is 28.3 Å². The van der Waals surface area contributed by atoms with Gasteiger partial charge >= 0.3 is 0 Å². The molecule has 0 aliphatic heterocycles. The average Bonchev–Trinajstić information content (AvgIpc) is 2.96. The predicted octanol–water partition coefficient (Wildman–Crippen LogP) is 1.13. The zero-order chi connectivity index (χ0) is 13.0. The Kier molecular flexibility index (Phi) is 4.48. The first-order valence-electron chi connectivity index (χ1n) is 5.97. The third kappa shape index (κ3) is 2.97. The SMILES string of the molecule is CCc1nn(C)c(CNCCn2ccnn2)c1Br. The largest absolute Gasteiger partial charge is 0.309 e. The summed E-state index contributed by atoms with van der Waals surface area (Å²) in [7, 11) is 1.97. The highest BCUT2D eigenvalue weighted by atomic mass is 79.9. The third-order valence-corrected chi connectivity index (χ3v) is 3.70. The fourth-order valence-corrected chi connectivity index (χ4v) is 2.52. The van der Waals surface area contributed by atoms with E-state index in [1.807, 2.05) is 22.6 Å². The van der Waals surface area contributed by atoms with Crippen LogP contribution < -0.4 is 5.32 Å². The van der Waals surface area contributed by atoms with Gasteiger partial charge in [-0.05, 0) is 22.4 Å². The van der Waals surface area contributed by atoms with Crippen molar-refractivity contribution < 1.29 is 0 Å². The number of halogens is 1. The standard InChI is InChI=1S/C11H17BrN6/c1-3-9-11(12)10(17(2)15-9)8-13-4-6-18-7-5-14-16-18/h5,7,13H,3-4,6,8H2,1-2H3. The molecule has 0 unspecified atom stereocenters. The highest BCUT2D eigenvalue weighted by Gasteiger charge is 2.11. The van der Waals surface area contributed by atoms with Crippen molar-refractivity contribution in [2.45, 2.75) is 26.4 Å². The minimum Gasteiger partial charge on any atom is -0.309 e. The maximum Gasteiger partial charge on any atom is 0.0767 e. The molecular weight excluding hydrogens is 296 g/mol. The molecule has 6 nitrogen and oxygen atoms in total. The zero-order valence-electron chi connectivity index (χ0n) is 10.6. The Labute approximate surface area is 114 Å². The summed E-state index contributed by atoms with van der Waals surface area (Å²) in [6.45, 7) is 4.56. The second-order valence-corrected chi connectivity index (χ2v) is 4.82. The lowest BCUT2D eigenvalue weighted by Crippen LogP contribution is -2.21. The molecule has 0 spiro atoms. The van der Waals surface area contributed by atoms with Crippen LogP contribution in [0.15, 0.2) is 16.9 Å². The quantitative estimate of drug-likeness (QED) is 0.812. The highest BCUT2D eigenvalue weighted by Crippen LogP contribution is 2.21. The Morgan fingerprint density at radius 2 is 2.28 bits per heavy atom. The van der Waals surface area contributed by atoms with Crippen LogP contribution in [0.3, 0.4) is 0 Å². The van der Waals surface area contributed by atoms with Crippen LogP contribution in [0.1, 0.15) is 18.3 Å². The van der Waals surface area contributed by atoms with E-state index in [0.29, 0.717) is 0 Å². The number of rotatable bonds is 6. The van der Waals surface area contributed by atoms with Gasteiger partial charge in [-0.25, -0.2) is 0 Å². The van der Waals surface area contributed by atoms with E-state index in [0.717, 1.165) is 36.2 Å². The molecule has 0 amide bonds. The van der Waals surface area contributed by atoms with Gasteiger partial charge in [0.15, 0.2) is 0 Å². The normalized spacial score (nSPS) is 11.1. The smallest absolute Gasteiger partial charge is 0.0767 e. The molecule has 0 radical (unpaired) electrons. The van der Waals surface area contributed by atoms with Crippen molar-refractivity contribution in [2.75, 3.05) is 6.54 Å². The average molecular weight is 313 g/mol. The number of nitrogens with one attached hydrogen (secondary N) is 1. The van der Waals surface area contributed by atoms with Crippen molar-refractivity contribution in [3.8, 4) is 0 Å². The summed E-state index contributed by atoms with van der Waals surface area (Å²) in [6.07, 6.45) is 4.48. The lowest BCUT2D eigenvalue weighted by atomic mass is 10.3. The van der Waals surface area contributed by atoms with Gasteiger partial charge < -0.3 is 5.32 Å². The van der Waals surface area contributed by atoms with E-state index >= 15 is 0 Å². The maximum atomic E-state index is 4.46. The van der Waals surface area contributed by atoms with Crippen molar-refractivity contribution in [2.24, 2.45) is 7.05 Å². The molecule has 2 aromatic rings. The maximum absolute atomic E-state index is 4.46. The molecule has 18 heavy (non-hydrogen) atoms. The summed E-state index contributed by atoms with van der Waals surface area (Å²) in [5, 5.41) is 15.5. The lowest BCUT2D eigenvalue weighted by molar-refractivity contribution is 0.529. The Balaban J connectivity index is 1.85. The first-order chi connectivity index (χ1) is 8.72. The number of hydrogen-bond donors (Lipinski definition) is 1. The van der Waals surface area contributed by atoms with Crippen molar-refractivity contribution in [1.82, 2.24) is 30.1 Å². The van der Waals surface area contributed by atoms with Crippen LogP contribution in [-0.4, -0.2) is 31.3 Å². The molecule has 98 valence electrons. The molecule has 0 aliphatic carbocycles. The van der Waals surface area contributed by atoms with Gasteiger partial charge in [0.05, 0.1) is 28.6 Å². The molecule has 0 saturated heterocycles. The van der Waals surface area contributed by atoms with Crippen LogP contribution in [0.2, 0.25) is 0 Å². The van der Waals surface area contributed by atoms with Gasteiger partial charge in [0.25, 0.3) is 0 Å². The van der Waals surface area contributed by atoms with Crippen LogP contribution >= 0.6 is 15.9 Å². The molecule has 0 fully saturated rings. The van der Waals surface area contributed by atoms with Crippen LogP contribution in [0.5, 0.6) is 0 Å². The Morgan fingerprint density at radius 3 is 2.89 bits per heavy atom. The first-order valence-corrected chi connectivity index (χ1v) is 6.76. The third-order valence-electron chi connectivity index (χ3n) is 2.79. The molecule has 7 heteroatoms. The van der Waals surface area contributed by atoms with Gasteiger partial charge in [0, 0.05) is 26.3 Å². The topological polar surface area (TPSA) is 60.6 Å². The van der Waals surface area contributed by atoms with E-state index in [4.69, 9.17) is 0 Å². The second kappa shape index (κ2) is 6.10. The zero-order valence-corrected chi connectivity index (χ0v) is 12.2. The predicted molar refractivity (Wildman–Crippen MR) is 72.0 cm³/mol. The molecule has 0 saturated carbocycles. The summed E-state index contributed by atoms with van der Waals surface area (Å²) in [6, 6.07) is 0. The number of aromatic nitrogens is 5. The molecule has 2 heterocycles. The van der Waals surface area contributed by atoms with E-state index in [-0.39, 0.29) is 0 Å². The lowest BCUT2D eigenvalue weighted by Gasteiger charge is -2.05. The molecule has 0 aliphatic rings. The molecule has 0 bridgehead atoms. The van der Waals surface area contributed by atoms with Crippen molar-refractivity contribution in [1.29, 1.82) is 0 Å². The molecular formula is C11H17BrN6. The first kappa shape index (κ1) is 13.2. The molecule has 2 rings (SSSR count). The Hall–Kier alpha value is -1.21. The van der Waals surface area contributed by atoms with Gasteiger partial charge in [0.1, 0.15) is 0 Å². The van der Waals surface area contributed by atoms with Gasteiger partial charge in [-0.3, -0.25) is 9.36 Å². The van der Waals surface area contributed by atoms with E-state index in [9.17, 15) is 0 Å². The Bertz CT molecular complexity index is 490. The van der Waals surface area contributed by atoms with Gasteiger partial charge in [-0.1, -0.05) is 12.1 Å². The van der Waals surface area contributed by atoms with Crippen molar-refractivity contribution >= 4 is 15.9 Å². The second-order valence-electron chi connectivity index (χ2n) is 4.03. The summed E-state index contributed by atoms with van der Waals surface area (Å²) >= 11 is 3.60. The van der Waals surface area contributed by atoms with Crippen LogP contribution in [0, 0.1) is 0 Å². The molecule has 2 aromatic heterocycles. The number of nitrogens with zero attached hydrogens (tertiary/aromatic N) is 5. The minimum absolute atomic E-state index is 0.790. The summed E-state index contributed by atoms with van der Waals surface area (Å²) in [5.74, 6) is 0. The van der Waals surface area contributed by atoms with Gasteiger partial charge in [-0.2, -0.15) is 5.10 Å². The van der Waals surface area contributed by atoms with Gasteiger partial charge in [-0.15, -0.1) is 5.10 Å². The van der Waals surface area contributed by atoms with E-state index < -0.39 is 0 Å². The van der Waals surface area contributed by atoms with Crippen LogP contribution in [0.4, 0.5) is 0 Å². The molecule has 0 atom stereocenters. The Morgan fingerprint density at radius 1 is 1.44 bits per heavy atom. The molecule has 1 N–H and O–H groups in total. The summed E-state index contributed by atoms with van der Waals surface area (Å²) < 4.78 is 4.84. The van der Waals surface area contributed by atoms with E-state index in [1.54, 1.807) is 6.20 Å². The van der Waals surface area contributed by atoms with Crippen LogP contribution in [0.25, 0.3) is 0 Å². The highest BCUT2D eigenvalue weighted by molar-refractivity contribution is 9.10.